The average molecular weight is 1540 g/mol. The third-order valence-corrected chi connectivity index (χ3v) is 21.1. The summed E-state index contributed by atoms with van der Waals surface area (Å²) in [4.78, 5) is 13.5. The fraction of sp³-hybridized carbons (Fsp3) is 0.789. The number of carbonyl (C=O) groups is 1. The molecule has 3 aliphatic heterocycles. The van der Waals surface area contributed by atoms with Gasteiger partial charge in [-0.3, -0.25) is 4.79 Å². The maximum absolute atomic E-state index is 13.5. The largest absolute Gasteiger partial charge is 0.394 e. The second-order valence-electron chi connectivity index (χ2n) is 30.6. The maximum Gasteiger partial charge on any atom is 0.220 e. The summed E-state index contributed by atoms with van der Waals surface area (Å²) >= 11 is 0. The second-order valence-corrected chi connectivity index (χ2v) is 30.6. The molecule has 3 rings (SSSR count). The number of allylic oxidation sites excluding steroid dienone is 18. The molecule has 0 aliphatic carbocycles. The van der Waals surface area contributed by atoms with Gasteiger partial charge in [-0.15, -0.1) is 0 Å². The Labute approximate surface area is 659 Å². The Kier molecular flexibility index (Phi) is 62.9. The predicted molar refractivity (Wildman–Crippen MR) is 438 cm³/mol. The minimum atomic E-state index is -1.98. The number of ether oxygens (including phenoxy) is 6. The van der Waals surface area contributed by atoms with Crippen molar-refractivity contribution in [2.75, 3.05) is 26.4 Å². The molecule has 109 heavy (non-hydrogen) atoms. The van der Waals surface area contributed by atoms with Gasteiger partial charge in [0.1, 0.15) is 73.2 Å². The van der Waals surface area contributed by atoms with Crippen LogP contribution >= 0.6 is 0 Å². The average Bonchev–Trinajstić information content (AvgIpc) is 0.782. The highest BCUT2D eigenvalue weighted by Gasteiger charge is 2.54. The highest BCUT2D eigenvalue weighted by atomic mass is 16.8. The van der Waals surface area contributed by atoms with Gasteiger partial charge in [-0.05, 0) is 83.5 Å². The zero-order valence-corrected chi connectivity index (χ0v) is 67.8. The lowest BCUT2D eigenvalue weighted by molar-refractivity contribution is -0.379. The lowest BCUT2D eigenvalue weighted by Crippen LogP contribution is -2.66. The van der Waals surface area contributed by atoms with Gasteiger partial charge >= 0.3 is 0 Å². The van der Waals surface area contributed by atoms with Gasteiger partial charge < -0.3 is 89.9 Å². The number of rotatable bonds is 69. The van der Waals surface area contributed by atoms with Crippen molar-refractivity contribution in [3.63, 3.8) is 0 Å². The van der Waals surface area contributed by atoms with E-state index in [1.165, 1.54) is 173 Å². The van der Waals surface area contributed by atoms with E-state index < -0.39 is 124 Å². The van der Waals surface area contributed by atoms with Gasteiger partial charge in [0.15, 0.2) is 18.9 Å². The molecule has 0 bridgehead atoms. The maximum atomic E-state index is 13.5. The van der Waals surface area contributed by atoms with Gasteiger partial charge in [0.25, 0.3) is 0 Å². The van der Waals surface area contributed by atoms with Crippen LogP contribution in [0.1, 0.15) is 322 Å². The van der Waals surface area contributed by atoms with E-state index in [0.717, 1.165) is 116 Å². The summed E-state index contributed by atoms with van der Waals surface area (Å²) in [6.07, 6.45) is 68.9. The minimum absolute atomic E-state index is 0.237. The van der Waals surface area contributed by atoms with Gasteiger partial charge in [-0.25, -0.2) is 0 Å². The number of aliphatic hydroxyl groups excluding tert-OH is 11. The summed E-state index contributed by atoms with van der Waals surface area (Å²) in [5.41, 5.74) is 0. The van der Waals surface area contributed by atoms with Crippen molar-refractivity contribution in [3.05, 3.63) is 109 Å². The summed E-state index contributed by atoms with van der Waals surface area (Å²) in [6, 6.07) is -0.909. The number of hydrogen-bond donors (Lipinski definition) is 12. The van der Waals surface area contributed by atoms with Crippen molar-refractivity contribution >= 4 is 5.91 Å². The lowest BCUT2D eigenvalue weighted by atomic mass is 9.96. The zero-order chi connectivity index (χ0) is 78.8. The monoisotopic (exact) mass is 1540 g/mol. The third kappa shape index (κ3) is 47.8. The molecule has 3 heterocycles. The first kappa shape index (κ1) is 99.6. The molecule has 0 saturated carbocycles. The molecule has 17 unspecified atom stereocenters. The van der Waals surface area contributed by atoms with Crippen LogP contribution in [0, 0.1) is 0 Å². The van der Waals surface area contributed by atoms with Crippen molar-refractivity contribution in [3.8, 4) is 0 Å². The molecular weight excluding hydrogens is 1380 g/mol. The molecule has 1 amide bonds. The van der Waals surface area contributed by atoms with Crippen LogP contribution in [0.15, 0.2) is 109 Å². The van der Waals surface area contributed by atoms with Crippen LogP contribution in [0.5, 0.6) is 0 Å². The van der Waals surface area contributed by atoms with Crippen LogP contribution in [0.3, 0.4) is 0 Å². The van der Waals surface area contributed by atoms with Crippen molar-refractivity contribution in [1.82, 2.24) is 5.32 Å². The quantitative estimate of drug-likeness (QED) is 0.0199. The van der Waals surface area contributed by atoms with Crippen molar-refractivity contribution < 1.29 is 89.4 Å². The zero-order valence-electron chi connectivity index (χ0n) is 67.8. The Balaban J connectivity index is 1.36. The lowest BCUT2D eigenvalue weighted by Gasteiger charge is -2.48. The molecule has 3 aliphatic rings. The van der Waals surface area contributed by atoms with Crippen molar-refractivity contribution in [2.24, 2.45) is 0 Å². The predicted octanol–water partition coefficient (Wildman–Crippen LogP) is 16.1. The van der Waals surface area contributed by atoms with Crippen molar-refractivity contribution in [2.45, 2.75) is 426 Å². The van der Waals surface area contributed by atoms with E-state index >= 15 is 0 Å². The molecule has 0 aromatic heterocycles. The van der Waals surface area contributed by atoms with Crippen LogP contribution in [0.4, 0.5) is 0 Å². The van der Waals surface area contributed by atoms with Gasteiger partial charge in [-0.2, -0.15) is 0 Å². The SMILES string of the molecule is CC/C=C\C/C=C\C/C=C\C/C=C\C/C=C\C/C=C\C/C=C\C/C=C\C/C=C\CCCCCCCC(=O)NC(COC1OC(CO)C(OC2OC(CO)C(OC3OC(CO)C(O)C(O)C3O)C(O)C2O)C(O)C1O)C(O)CCCCCCCCCCCCCCCCCCCCCCCCCCCCCCCCC. The van der Waals surface area contributed by atoms with E-state index in [-0.39, 0.29) is 18.9 Å². The summed E-state index contributed by atoms with van der Waals surface area (Å²) in [6.45, 7) is 1.70. The molecular formula is C90H157NO18. The number of unbranched alkanes of at least 4 members (excludes halogenated alkanes) is 35. The number of hydrogen-bond acceptors (Lipinski definition) is 18. The smallest absolute Gasteiger partial charge is 0.220 e. The van der Waals surface area contributed by atoms with Gasteiger partial charge in [0, 0.05) is 6.42 Å². The van der Waals surface area contributed by atoms with E-state index in [2.05, 4.69) is 129 Å². The minimum Gasteiger partial charge on any atom is -0.394 e. The van der Waals surface area contributed by atoms with Crippen LogP contribution in [0.25, 0.3) is 0 Å². The van der Waals surface area contributed by atoms with E-state index in [1.54, 1.807) is 0 Å². The number of carbonyl (C=O) groups excluding carboxylic acids is 1. The standard InChI is InChI=1S/C90H157NO18/c1-3-5-7-9-11-13-15-17-19-21-23-25-27-29-31-33-35-36-38-40-42-44-46-48-50-52-54-56-58-60-62-64-66-68-78(96)91-73(74(95)67-65-63-61-59-57-55-53-51-49-47-45-43-41-39-37-34-32-30-28-26-24-22-20-18-16-14-12-10-8-6-4-2)72-104-88-84(102)81(99)86(76(70-93)106-88)109-90-85(103)82(100)87(77(71-94)107-90)108-89-83(101)80(98)79(97)75(69-92)105-89/h5,7,11,13,17,19,23,25,29,31,35-36,40,42,46,48,52,54,73-77,79-90,92-95,97-103H,3-4,6,8-10,12,14-16,18,20-22,24,26-28,30,32-34,37-39,41,43-45,47,49-51,53,55-72H2,1-2H3,(H,91,96)/b7-5-,13-11-,19-17-,25-23-,31-29-,36-35-,42-40-,48-46-,54-52-. The molecule has 0 aromatic rings. The summed E-state index contributed by atoms with van der Waals surface area (Å²) in [7, 11) is 0. The first-order valence-corrected chi connectivity index (χ1v) is 43.6. The van der Waals surface area contributed by atoms with E-state index in [4.69, 9.17) is 28.4 Å². The Morgan fingerprint density at radius 1 is 0.339 bits per heavy atom. The number of aliphatic hydroxyl groups is 11. The number of amides is 1. The number of nitrogens with one attached hydrogen (secondary N) is 1. The Hall–Kier alpha value is -3.55. The molecule has 3 saturated heterocycles. The summed E-state index contributed by atoms with van der Waals surface area (Å²) < 4.78 is 34.6. The molecule has 0 spiro atoms. The van der Waals surface area contributed by atoms with Crippen LogP contribution in [0.2, 0.25) is 0 Å². The molecule has 0 aromatic carbocycles. The summed E-state index contributed by atoms with van der Waals surface area (Å²) in [5.74, 6) is -0.262. The van der Waals surface area contributed by atoms with E-state index in [9.17, 15) is 61.0 Å². The van der Waals surface area contributed by atoms with Crippen LogP contribution in [-0.4, -0.2) is 193 Å². The highest BCUT2D eigenvalue weighted by molar-refractivity contribution is 5.76. The van der Waals surface area contributed by atoms with E-state index in [0.29, 0.717) is 12.8 Å². The molecule has 3 fully saturated rings. The van der Waals surface area contributed by atoms with Crippen LogP contribution < -0.4 is 5.32 Å². The van der Waals surface area contributed by atoms with Crippen LogP contribution in [-0.2, 0) is 33.2 Å². The Morgan fingerprint density at radius 2 is 0.633 bits per heavy atom. The molecule has 19 nitrogen and oxygen atoms in total. The first-order valence-electron chi connectivity index (χ1n) is 43.6. The fourth-order valence-corrected chi connectivity index (χ4v) is 14.2. The normalized spacial score (nSPS) is 25.8. The van der Waals surface area contributed by atoms with E-state index in [1.807, 2.05) is 0 Å². The molecule has 0 radical (unpaired) electrons. The molecule has 17 atom stereocenters. The Morgan fingerprint density at radius 3 is 0.991 bits per heavy atom. The topological polar surface area (TPSA) is 307 Å². The second kappa shape index (κ2) is 68.8. The summed E-state index contributed by atoms with van der Waals surface area (Å²) in [5, 5.41) is 121. The molecule has 19 heteroatoms. The first-order chi connectivity index (χ1) is 53.3. The molecule has 12 N–H and O–H groups in total. The Bertz CT molecular complexity index is 2390. The third-order valence-electron chi connectivity index (χ3n) is 21.1. The van der Waals surface area contributed by atoms with Crippen molar-refractivity contribution in [1.29, 1.82) is 0 Å². The van der Waals surface area contributed by atoms with Gasteiger partial charge in [0.05, 0.1) is 38.6 Å². The fourth-order valence-electron chi connectivity index (χ4n) is 14.2. The highest BCUT2D eigenvalue weighted by Crippen LogP contribution is 2.33. The van der Waals surface area contributed by atoms with Gasteiger partial charge in [0.2, 0.25) is 5.91 Å². The molecule has 630 valence electrons. The van der Waals surface area contributed by atoms with Gasteiger partial charge in [-0.1, -0.05) is 342 Å².